The second-order valence-electron chi connectivity index (χ2n) is 9.93. The fourth-order valence-corrected chi connectivity index (χ4v) is 4.84. The van der Waals surface area contributed by atoms with E-state index in [-0.39, 0.29) is 30.7 Å². The molecule has 0 fully saturated rings. The van der Waals surface area contributed by atoms with Crippen LogP contribution in [-0.4, -0.2) is 48.5 Å². The van der Waals surface area contributed by atoms with Crippen LogP contribution in [0.4, 0.5) is 10.1 Å². The first-order valence-electron chi connectivity index (χ1n) is 13.3. The van der Waals surface area contributed by atoms with Crippen molar-refractivity contribution in [3.05, 3.63) is 89.2 Å². The molecular formula is C31H37FN4O2. The van der Waals surface area contributed by atoms with E-state index in [2.05, 4.69) is 24.4 Å². The highest BCUT2D eigenvalue weighted by atomic mass is 19.1. The largest absolute Gasteiger partial charge is 0.355 e. The summed E-state index contributed by atoms with van der Waals surface area (Å²) in [5, 5.41) is 6.70. The second-order valence-corrected chi connectivity index (χ2v) is 9.93. The molecule has 0 atom stereocenters. The summed E-state index contributed by atoms with van der Waals surface area (Å²) in [5.74, 6) is -0.465. The van der Waals surface area contributed by atoms with Gasteiger partial charge in [-0.1, -0.05) is 62.2 Å². The van der Waals surface area contributed by atoms with Gasteiger partial charge < -0.3 is 10.2 Å². The molecule has 7 heteroatoms. The van der Waals surface area contributed by atoms with Crippen molar-refractivity contribution in [1.29, 1.82) is 0 Å². The number of amides is 2. The minimum absolute atomic E-state index is 0.0719. The fourth-order valence-electron chi connectivity index (χ4n) is 4.84. The zero-order valence-electron chi connectivity index (χ0n) is 22.5. The molecule has 0 spiro atoms. The molecule has 38 heavy (non-hydrogen) atoms. The number of hydrogen-bond acceptors (Lipinski definition) is 4. The molecule has 0 aromatic heterocycles. The maximum atomic E-state index is 13.5. The number of carbonyl (C=O) groups is 2. The summed E-state index contributed by atoms with van der Waals surface area (Å²) in [5.41, 5.74) is 6.07. The molecule has 1 heterocycles. The number of nitrogens with one attached hydrogen (secondary N) is 1. The van der Waals surface area contributed by atoms with Crippen LogP contribution in [0.2, 0.25) is 0 Å². The smallest absolute Gasteiger partial charge is 0.256 e. The molecule has 1 aliphatic heterocycles. The van der Waals surface area contributed by atoms with Gasteiger partial charge in [0.05, 0.1) is 13.1 Å². The van der Waals surface area contributed by atoms with Crippen molar-refractivity contribution in [3.8, 4) is 11.1 Å². The second kappa shape index (κ2) is 12.7. The number of nitrogens with zero attached hydrogens (tertiary/aromatic N) is 3. The van der Waals surface area contributed by atoms with Crippen LogP contribution in [0.25, 0.3) is 11.1 Å². The van der Waals surface area contributed by atoms with Crippen LogP contribution in [0.1, 0.15) is 42.9 Å². The van der Waals surface area contributed by atoms with Crippen molar-refractivity contribution in [1.82, 2.24) is 15.3 Å². The highest BCUT2D eigenvalue weighted by molar-refractivity contribution is 5.87. The molecular weight excluding hydrogens is 479 g/mol. The number of anilines is 1. The van der Waals surface area contributed by atoms with Crippen molar-refractivity contribution < 1.29 is 14.0 Å². The molecule has 1 N–H and O–H groups in total. The minimum atomic E-state index is -0.276. The van der Waals surface area contributed by atoms with Crippen LogP contribution >= 0.6 is 0 Å². The quantitative estimate of drug-likeness (QED) is 0.351. The summed E-state index contributed by atoms with van der Waals surface area (Å²) in [6.07, 6.45) is 3.09. The number of halogens is 1. The SMILES string of the molecule is CCCCCNC(=O)CN(CC(=O)N(C)N1Cc2ccccc2C1)c1ccc(-c2ccc(F)cc2)cc1C. The summed E-state index contributed by atoms with van der Waals surface area (Å²) in [6, 6.07) is 20.5. The van der Waals surface area contributed by atoms with E-state index >= 15 is 0 Å². The Morgan fingerprint density at radius 3 is 2.21 bits per heavy atom. The van der Waals surface area contributed by atoms with Crippen LogP contribution in [0, 0.1) is 12.7 Å². The van der Waals surface area contributed by atoms with E-state index in [9.17, 15) is 14.0 Å². The zero-order chi connectivity index (χ0) is 27.1. The molecule has 1 aliphatic rings. The molecule has 0 unspecified atom stereocenters. The summed E-state index contributed by atoms with van der Waals surface area (Å²) in [4.78, 5) is 28.2. The third-order valence-electron chi connectivity index (χ3n) is 7.09. The predicted octanol–water partition coefficient (Wildman–Crippen LogP) is 5.30. The lowest BCUT2D eigenvalue weighted by Gasteiger charge is -2.32. The van der Waals surface area contributed by atoms with Crippen LogP contribution in [0.5, 0.6) is 0 Å². The van der Waals surface area contributed by atoms with Gasteiger partial charge in [0.2, 0.25) is 5.91 Å². The molecule has 0 radical (unpaired) electrons. The van der Waals surface area contributed by atoms with Gasteiger partial charge in [-0.3, -0.25) is 14.6 Å². The highest BCUT2D eigenvalue weighted by Gasteiger charge is 2.27. The van der Waals surface area contributed by atoms with Crippen molar-refractivity contribution in [2.24, 2.45) is 0 Å². The van der Waals surface area contributed by atoms with E-state index in [1.807, 2.05) is 47.2 Å². The van der Waals surface area contributed by atoms with Crippen LogP contribution in [-0.2, 0) is 22.7 Å². The van der Waals surface area contributed by atoms with Gasteiger partial charge >= 0.3 is 0 Å². The van der Waals surface area contributed by atoms with Crippen molar-refractivity contribution in [2.45, 2.75) is 46.2 Å². The lowest BCUT2D eigenvalue weighted by molar-refractivity contribution is -0.145. The minimum Gasteiger partial charge on any atom is -0.355 e. The van der Waals surface area contributed by atoms with Gasteiger partial charge in [0.15, 0.2) is 0 Å². The Labute approximate surface area is 225 Å². The Morgan fingerprint density at radius 1 is 0.921 bits per heavy atom. The van der Waals surface area contributed by atoms with Crippen LogP contribution < -0.4 is 10.2 Å². The number of benzene rings is 3. The number of carbonyl (C=O) groups excluding carboxylic acids is 2. The summed E-state index contributed by atoms with van der Waals surface area (Å²) in [7, 11) is 1.79. The molecule has 2 amide bonds. The van der Waals surface area contributed by atoms with Crippen molar-refractivity contribution in [3.63, 3.8) is 0 Å². The van der Waals surface area contributed by atoms with Gasteiger partial charge in [-0.2, -0.15) is 0 Å². The molecule has 3 aromatic rings. The number of aryl methyl sites for hydroxylation is 1. The normalized spacial score (nSPS) is 12.7. The van der Waals surface area contributed by atoms with Crippen molar-refractivity contribution >= 4 is 17.5 Å². The Hall–Kier alpha value is -3.71. The average molecular weight is 517 g/mol. The standard InChI is InChI=1S/C31H37FN4O2/c1-4-5-8-17-33-30(37)21-35(22-31(38)34(3)36-19-26-9-6-7-10-27(26)20-36)29-16-13-25(18-23(29)2)24-11-14-28(32)15-12-24/h6-7,9-16,18H,4-5,8,17,19-22H2,1-3H3,(H,33,37). The predicted molar refractivity (Wildman–Crippen MR) is 150 cm³/mol. The Balaban J connectivity index is 1.51. The Kier molecular flexibility index (Phi) is 9.13. The monoisotopic (exact) mass is 516 g/mol. The number of hydrogen-bond donors (Lipinski definition) is 1. The molecule has 6 nitrogen and oxygen atoms in total. The average Bonchev–Trinajstić information content (AvgIpc) is 3.35. The number of fused-ring (bicyclic) bond motifs is 1. The maximum Gasteiger partial charge on any atom is 0.256 e. The lowest BCUT2D eigenvalue weighted by Crippen LogP contribution is -2.48. The van der Waals surface area contributed by atoms with Gasteiger partial charge in [0, 0.05) is 32.4 Å². The summed E-state index contributed by atoms with van der Waals surface area (Å²) < 4.78 is 13.4. The van der Waals surface area contributed by atoms with Crippen LogP contribution in [0.15, 0.2) is 66.7 Å². The highest BCUT2D eigenvalue weighted by Crippen LogP contribution is 2.28. The van der Waals surface area contributed by atoms with Crippen LogP contribution in [0.3, 0.4) is 0 Å². The molecule has 0 saturated heterocycles. The maximum absolute atomic E-state index is 13.5. The first kappa shape index (κ1) is 27.3. The molecule has 0 aliphatic carbocycles. The number of likely N-dealkylation sites (N-methyl/N-ethyl adjacent to an activating group) is 1. The Morgan fingerprint density at radius 2 is 1.58 bits per heavy atom. The summed E-state index contributed by atoms with van der Waals surface area (Å²) >= 11 is 0. The van der Waals surface area contributed by atoms with Gasteiger partial charge in [0.25, 0.3) is 5.91 Å². The zero-order valence-corrected chi connectivity index (χ0v) is 22.5. The van der Waals surface area contributed by atoms with Gasteiger partial charge in [-0.25, -0.2) is 9.40 Å². The third-order valence-corrected chi connectivity index (χ3v) is 7.09. The lowest BCUT2D eigenvalue weighted by atomic mass is 10.0. The summed E-state index contributed by atoms with van der Waals surface area (Å²) in [6.45, 7) is 6.25. The molecule has 4 rings (SSSR count). The van der Waals surface area contributed by atoms with Gasteiger partial charge in [-0.15, -0.1) is 0 Å². The number of hydrazine groups is 1. The fraction of sp³-hybridized carbons (Fsp3) is 0.355. The topological polar surface area (TPSA) is 55.9 Å². The number of rotatable bonds is 11. The van der Waals surface area contributed by atoms with Gasteiger partial charge in [0.1, 0.15) is 5.82 Å². The number of unbranched alkanes of at least 4 members (excludes halogenated alkanes) is 2. The molecule has 200 valence electrons. The van der Waals surface area contributed by atoms with E-state index < -0.39 is 0 Å². The first-order chi connectivity index (χ1) is 18.4. The van der Waals surface area contributed by atoms with E-state index in [1.54, 1.807) is 24.2 Å². The molecule has 3 aromatic carbocycles. The Bertz CT molecular complexity index is 1240. The molecule has 0 saturated carbocycles. The van der Waals surface area contributed by atoms with Gasteiger partial charge in [-0.05, 0) is 65.4 Å². The van der Waals surface area contributed by atoms with Crippen molar-refractivity contribution in [2.75, 3.05) is 31.6 Å². The molecule has 0 bridgehead atoms. The first-order valence-corrected chi connectivity index (χ1v) is 13.3. The van der Waals surface area contributed by atoms with E-state index in [0.29, 0.717) is 19.6 Å². The van der Waals surface area contributed by atoms with E-state index in [1.165, 1.54) is 23.3 Å². The van der Waals surface area contributed by atoms with E-state index in [0.717, 1.165) is 41.6 Å². The van der Waals surface area contributed by atoms with E-state index in [4.69, 9.17) is 0 Å². The third kappa shape index (κ3) is 6.78.